The Morgan fingerprint density at radius 3 is 3.05 bits per heavy atom. The molecule has 0 amide bonds. The molecule has 2 heterocycles. The quantitative estimate of drug-likeness (QED) is 0.771. The third kappa shape index (κ3) is 4.03. The van der Waals surface area contributed by atoms with Gasteiger partial charge < -0.3 is 14.2 Å². The maximum Gasteiger partial charge on any atom is 0.0949 e. The molecule has 0 radical (unpaired) electrons. The SMILES string of the molecule is COCCn1cncc1CN1CCCC(N(C)C)C1. The summed E-state index contributed by atoms with van der Waals surface area (Å²) in [5, 5.41) is 0. The Bertz CT molecular complexity index is 377. The van der Waals surface area contributed by atoms with Crippen LogP contribution < -0.4 is 0 Å². The molecule has 0 N–H and O–H groups in total. The summed E-state index contributed by atoms with van der Waals surface area (Å²) in [6.45, 7) is 4.97. The number of likely N-dealkylation sites (N-methyl/N-ethyl adjacent to an activating group) is 1. The van der Waals surface area contributed by atoms with E-state index in [0.29, 0.717) is 6.04 Å². The first-order valence-electron chi connectivity index (χ1n) is 7.07. The van der Waals surface area contributed by atoms with Gasteiger partial charge in [0.25, 0.3) is 0 Å². The van der Waals surface area contributed by atoms with Gasteiger partial charge in [0.15, 0.2) is 0 Å². The summed E-state index contributed by atoms with van der Waals surface area (Å²) in [6, 6.07) is 0.684. The Kier molecular flexibility index (Phi) is 5.36. The molecule has 1 unspecified atom stereocenters. The molecule has 1 aromatic rings. The summed E-state index contributed by atoms with van der Waals surface area (Å²) in [5.41, 5.74) is 1.29. The highest BCUT2D eigenvalue weighted by Crippen LogP contribution is 2.16. The predicted molar refractivity (Wildman–Crippen MR) is 76.1 cm³/mol. The van der Waals surface area contributed by atoms with Crippen LogP contribution in [0.4, 0.5) is 0 Å². The van der Waals surface area contributed by atoms with E-state index in [9.17, 15) is 0 Å². The highest BCUT2D eigenvalue weighted by molar-refractivity contribution is 4.99. The fraction of sp³-hybridized carbons (Fsp3) is 0.786. The molecule has 1 aliphatic heterocycles. The number of imidazole rings is 1. The van der Waals surface area contributed by atoms with Crippen LogP contribution in [0.5, 0.6) is 0 Å². The molecule has 0 saturated carbocycles. The van der Waals surface area contributed by atoms with E-state index in [1.165, 1.54) is 25.1 Å². The van der Waals surface area contributed by atoms with Gasteiger partial charge in [-0.1, -0.05) is 0 Å². The lowest BCUT2D eigenvalue weighted by Crippen LogP contribution is -2.44. The van der Waals surface area contributed by atoms with Crippen LogP contribution in [0.25, 0.3) is 0 Å². The molecular formula is C14H26N4O. The zero-order chi connectivity index (χ0) is 13.7. The van der Waals surface area contributed by atoms with Crippen LogP contribution >= 0.6 is 0 Å². The maximum atomic E-state index is 5.14. The van der Waals surface area contributed by atoms with Crippen molar-refractivity contribution in [2.24, 2.45) is 0 Å². The van der Waals surface area contributed by atoms with Gasteiger partial charge in [0.2, 0.25) is 0 Å². The lowest BCUT2D eigenvalue weighted by molar-refractivity contribution is 0.124. The number of hydrogen-bond acceptors (Lipinski definition) is 4. The van der Waals surface area contributed by atoms with Gasteiger partial charge in [-0.25, -0.2) is 4.98 Å². The number of ether oxygens (including phenoxy) is 1. The van der Waals surface area contributed by atoms with Gasteiger partial charge in [0, 0.05) is 39.0 Å². The first-order chi connectivity index (χ1) is 9.20. The zero-order valence-corrected chi connectivity index (χ0v) is 12.4. The van der Waals surface area contributed by atoms with E-state index in [0.717, 1.165) is 26.2 Å². The minimum absolute atomic E-state index is 0.684. The van der Waals surface area contributed by atoms with E-state index >= 15 is 0 Å². The first-order valence-corrected chi connectivity index (χ1v) is 7.07. The minimum Gasteiger partial charge on any atom is -0.383 e. The average Bonchev–Trinajstić information content (AvgIpc) is 2.84. The molecule has 1 fully saturated rings. The molecule has 0 spiro atoms. The van der Waals surface area contributed by atoms with E-state index in [1.54, 1.807) is 7.11 Å². The van der Waals surface area contributed by atoms with Gasteiger partial charge in [-0.2, -0.15) is 0 Å². The number of piperidine rings is 1. The highest BCUT2D eigenvalue weighted by atomic mass is 16.5. The van der Waals surface area contributed by atoms with Crippen molar-refractivity contribution in [3.63, 3.8) is 0 Å². The van der Waals surface area contributed by atoms with Crippen molar-refractivity contribution < 1.29 is 4.74 Å². The number of nitrogens with zero attached hydrogens (tertiary/aromatic N) is 4. The molecule has 2 rings (SSSR count). The van der Waals surface area contributed by atoms with Gasteiger partial charge in [-0.05, 0) is 33.5 Å². The molecule has 1 atom stereocenters. The van der Waals surface area contributed by atoms with Crippen molar-refractivity contribution in [2.75, 3.05) is 40.9 Å². The van der Waals surface area contributed by atoms with Gasteiger partial charge in [0.05, 0.1) is 18.6 Å². The van der Waals surface area contributed by atoms with Gasteiger partial charge in [-0.15, -0.1) is 0 Å². The molecule has 1 aromatic heterocycles. The summed E-state index contributed by atoms with van der Waals surface area (Å²) >= 11 is 0. The third-order valence-electron chi connectivity index (χ3n) is 3.93. The fourth-order valence-corrected chi connectivity index (χ4v) is 2.70. The average molecular weight is 266 g/mol. The van der Waals surface area contributed by atoms with Crippen molar-refractivity contribution in [2.45, 2.75) is 32.0 Å². The Balaban J connectivity index is 1.91. The number of likely N-dealkylation sites (tertiary alicyclic amines) is 1. The Hall–Kier alpha value is -0.910. The zero-order valence-electron chi connectivity index (χ0n) is 12.4. The molecular weight excluding hydrogens is 240 g/mol. The second-order valence-electron chi connectivity index (χ2n) is 5.57. The molecule has 108 valence electrons. The molecule has 19 heavy (non-hydrogen) atoms. The van der Waals surface area contributed by atoms with Crippen LogP contribution in [0.1, 0.15) is 18.5 Å². The molecule has 5 nitrogen and oxygen atoms in total. The van der Waals surface area contributed by atoms with E-state index in [-0.39, 0.29) is 0 Å². The van der Waals surface area contributed by atoms with Crippen molar-refractivity contribution in [1.82, 2.24) is 19.4 Å². The molecule has 0 bridgehead atoms. The van der Waals surface area contributed by atoms with E-state index in [1.807, 2.05) is 12.5 Å². The lowest BCUT2D eigenvalue weighted by atomic mass is 10.0. The predicted octanol–water partition coefficient (Wildman–Crippen LogP) is 1.06. The van der Waals surface area contributed by atoms with Gasteiger partial charge in [-0.3, -0.25) is 4.90 Å². The number of rotatable bonds is 6. The monoisotopic (exact) mass is 266 g/mol. The minimum atomic E-state index is 0.684. The van der Waals surface area contributed by atoms with Crippen LogP contribution in [0, 0.1) is 0 Å². The van der Waals surface area contributed by atoms with E-state index < -0.39 is 0 Å². The first kappa shape index (κ1) is 14.5. The summed E-state index contributed by atoms with van der Waals surface area (Å²) in [5.74, 6) is 0. The Morgan fingerprint density at radius 2 is 2.32 bits per heavy atom. The highest BCUT2D eigenvalue weighted by Gasteiger charge is 2.21. The van der Waals surface area contributed by atoms with Crippen LogP contribution in [0.3, 0.4) is 0 Å². The number of hydrogen-bond donors (Lipinski definition) is 0. The van der Waals surface area contributed by atoms with Crippen molar-refractivity contribution in [3.8, 4) is 0 Å². The molecule has 1 saturated heterocycles. The van der Waals surface area contributed by atoms with Crippen molar-refractivity contribution in [1.29, 1.82) is 0 Å². The van der Waals surface area contributed by atoms with Crippen LogP contribution in [-0.2, 0) is 17.8 Å². The number of methoxy groups -OCH3 is 1. The van der Waals surface area contributed by atoms with Crippen molar-refractivity contribution in [3.05, 3.63) is 18.2 Å². The van der Waals surface area contributed by atoms with Crippen molar-refractivity contribution >= 4 is 0 Å². The number of aromatic nitrogens is 2. The third-order valence-corrected chi connectivity index (χ3v) is 3.93. The van der Waals surface area contributed by atoms with Crippen LogP contribution in [-0.4, -0.2) is 66.3 Å². The Morgan fingerprint density at radius 1 is 1.47 bits per heavy atom. The van der Waals surface area contributed by atoms with Gasteiger partial charge >= 0.3 is 0 Å². The van der Waals surface area contributed by atoms with Crippen LogP contribution in [0.15, 0.2) is 12.5 Å². The summed E-state index contributed by atoms with van der Waals surface area (Å²) in [6.07, 6.45) is 6.48. The summed E-state index contributed by atoms with van der Waals surface area (Å²) in [7, 11) is 6.09. The Labute approximate surface area is 116 Å². The standard InChI is InChI=1S/C14H26N4O/c1-16(2)13-5-4-6-17(10-13)11-14-9-15-12-18(14)7-8-19-3/h9,12-13H,4-8,10-11H2,1-3H3. The summed E-state index contributed by atoms with van der Waals surface area (Å²) in [4.78, 5) is 9.14. The summed E-state index contributed by atoms with van der Waals surface area (Å²) < 4.78 is 7.34. The topological polar surface area (TPSA) is 33.5 Å². The molecule has 0 aromatic carbocycles. The smallest absolute Gasteiger partial charge is 0.0949 e. The fourth-order valence-electron chi connectivity index (χ4n) is 2.70. The van der Waals surface area contributed by atoms with E-state index in [4.69, 9.17) is 4.74 Å². The van der Waals surface area contributed by atoms with Crippen LogP contribution in [0.2, 0.25) is 0 Å². The normalized spacial score (nSPS) is 21.2. The maximum absolute atomic E-state index is 5.14. The van der Waals surface area contributed by atoms with Gasteiger partial charge in [0.1, 0.15) is 0 Å². The largest absolute Gasteiger partial charge is 0.383 e. The molecule has 0 aliphatic carbocycles. The lowest BCUT2D eigenvalue weighted by Gasteiger charge is -2.36. The second kappa shape index (κ2) is 7.03. The second-order valence-corrected chi connectivity index (χ2v) is 5.57. The molecule has 5 heteroatoms. The van der Waals surface area contributed by atoms with E-state index in [2.05, 4.69) is 33.4 Å². The molecule has 1 aliphatic rings.